The number of hydrogen-bond acceptors (Lipinski definition) is 6. The van der Waals surface area contributed by atoms with Crippen molar-refractivity contribution in [3.05, 3.63) is 88.7 Å². The van der Waals surface area contributed by atoms with Crippen LogP contribution >= 0.6 is 0 Å². The minimum atomic E-state index is -3.52. The monoisotopic (exact) mass is 551 g/mol. The zero-order valence-electron chi connectivity index (χ0n) is 22.1. The Morgan fingerprint density at radius 1 is 1.05 bits per heavy atom. The van der Waals surface area contributed by atoms with Crippen LogP contribution in [0.1, 0.15) is 33.0 Å². The fourth-order valence-corrected chi connectivity index (χ4v) is 5.42. The van der Waals surface area contributed by atoms with Gasteiger partial charge < -0.3 is 16.0 Å². The quantitative estimate of drug-likeness (QED) is 0.394. The van der Waals surface area contributed by atoms with Crippen molar-refractivity contribution in [2.75, 3.05) is 43.1 Å². The number of amides is 2. The average molecular weight is 552 g/mol. The van der Waals surface area contributed by atoms with Crippen LogP contribution in [-0.2, 0) is 14.8 Å². The Kier molecular flexibility index (Phi) is 7.84. The van der Waals surface area contributed by atoms with Crippen LogP contribution in [0, 0.1) is 12.7 Å². The number of aryl methyl sites for hydroxylation is 1. The number of primary amides is 1. The lowest BCUT2D eigenvalue weighted by Gasteiger charge is -2.24. The molecule has 0 saturated heterocycles. The highest BCUT2D eigenvalue weighted by Crippen LogP contribution is 2.37. The molecule has 2 amide bonds. The summed E-state index contributed by atoms with van der Waals surface area (Å²) in [4.78, 5) is 31.6. The van der Waals surface area contributed by atoms with Gasteiger partial charge in [0.25, 0.3) is 0 Å². The van der Waals surface area contributed by atoms with Crippen molar-refractivity contribution in [1.29, 1.82) is 0 Å². The molecule has 1 aliphatic heterocycles. The maximum absolute atomic E-state index is 13.9. The van der Waals surface area contributed by atoms with Gasteiger partial charge in [-0.05, 0) is 80.7 Å². The third-order valence-corrected chi connectivity index (χ3v) is 7.64. The molecule has 3 N–H and O–H groups in total. The van der Waals surface area contributed by atoms with Crippen LogP contribution < -0.4 is 15.4 Å². The minimum absolute atomic E-state index is 0.278. The fourth-order valence-electron chi connectivity index (χ4n) is 4.50. The number of fused-ring (bicyclic) bond motifs is 1. The summed E-state index contributed by atoms with van der Waals surface area (Å²) in [5.41, 5.74) is 9.35. The van der Waals surface area contributed by atoms with Crippen LogP contribution in [-0.4, -0.2) is 64.3 Å². The summed E-state index contributed by atoms with van der Waals surface area (Å²) < 4.78 is 40.1. The number of sulfonamides is 1. The minimum Gasteiger partial charge on any atom is -0.366 e. The van der Waals surface area contributed by atoms with Crippen molar-refractivity contribution in [1.82, 2.24) is 4.90 Å². The van der Waals surface area contributed by atoms with Gasteiger partial charge in [0.2, 0.25) is 21.8 Å². The number of benzene rings is 3. The first-order valence-electron chi connectivity index (χ1n) is 12.2. The second-order valence-electron chi connectivity index (χ2n) is 9.70. The molecule has 9 nitrogen and oxygen atoms in total. The largest absolute Gasteiger partial charge is 0.366 e. The molecule has 1 heterocycles. The second-order valence-corrected chi connectivity index (χ2v) is 11.6. The Labute approximate surface area is 227 Å². The van der Waals surface area contributed by atoms with Crippen molar-refractivity contribution >= 4 is 44.6 Å². The van der Waals surface area contributed by atoms with Crippen LogP contribution in [0.3, 0.4) is 0 Å². The Morgan fingerprint density at radius 3 is 2.33 bits per heavy atom. The zero-order valence-corrected chi connectivity index (χ0v) is 22.9. The van der Waals surface area contributed by atoms with Gasteiger partial charge >= 0.3 is 0 Å². The van der Waals surface area contributed by atoms with Crippen LogP contribution in [0.4, 0.5) is 21.5 Å². The van der Waals surface area contributed by atoms with E-state index in [-0.39, 0.29) is 12.5 Å². The molecular weight excluding hydrogens is 521 g/mol. The summed E-state index contributed by atoms with van der Waals surface area (Å²) in [5.74, 6) is -2.26. The van der Waals surface area contributed by atoms with Gasteiger partial charge in [-0.2, -0.15) is 0 Å². The van der Waals surface area contributed by atoms with Crippen molar-refractivity contribution < 1.29 is 22.4 Å². The molecule has 1 aliphatic rings. The summed E-state index contributed by atoms with van der Waals surface area (Å²) >= 11 is 0. The second kappa shape index (κ2) is 11.0. The predicted octanol–water partition coefficient (Wildman–Crippen LogP) is 3.42. The van der Waals surface area contributed by atoms with Gasteiger partial charge in [0.1, 0.15) is 11.7 Å². The number of rotatable bonds is 9. The maximum Gasteiger partial charge on any atom is 0.248 e. The first-order chi connectivity index (χ1) is 18.3. The number of halogens is 1. The van der Waals surface area contributed by atoms with E-state index in [9.17, 15) is 22.4 Å². The number of nitrogens with zero attached hydrogens (tertiary/aromatic N) is 3. The SMILES string of the molecule is Cc1cc(C(N)=O)ccc1C(=Nc1ccc(N(CCN(C)C)S(C)(=O)=O)cc1)C1C(=O)Nc2cc(F)ccc21. The molecule has 11 heteroatoms. The van der Waals surface area contributed by atoms with E-state index < -0.39 is 27.7 Å². The summed E-state index contributed by atoms with van der Waals surface area (Å²) in [7, 11) is 0.212. The van der Waals surface area contributed by atoms with Gasteiger partial charge in [-0.25, -0.2) is 12.8 Å². The van der Waals surface area contributed by atoms with E-state index in [2.05, 4.69) is 5.32 Å². The summed E-state index contributed by atoms with van der Waals surface area (Å²) in [6, 6.07) is 15.6. The van der Waals surface area contributed by atoms with Gasteiger partial charge in [-0.3, -0.25) is 18.9 Å². The Hall–Kier alpha value is -4.09. The van der Waals surface area contributed by atoms with E-state index in [1.54, 1.807) is 55.5 Å². The highest BCUT2D eigenvalue weighted by atomic mass is 32.2. The summed E-state index contributed by atoms with van der Waals surface area (Å²) in [6.45, 7) is 2.60. The number of hydrogen-bond donors (Lipinski definition) is 2. The van der Waals surface area contributed by atoms with Gasteiger partial charge in [-0.1, -0.05) is 12.1 Å². The maximum atomic E-state index is 13.9. The number of likely N-dealkylation sites (N-methyl/N-ethyl adjacent to an activating group) is 1. The Balaban J connectivity index is 1.81. The van der Waals surface area contributed by atoms with Gasteiger partial charge in [0.05, 0.1) is 23.3 Å². The van der Waals surface area contributed by atoms with Crippen LogP contribution in [0.2, 0.25) is 0 Å². The van der Waals surface area contributed by atoms with E-state index in [4.69, 9.17) is 10.7 Å². The summed E-state index contributed by atoms with van der Waals surface area (Å²) in [5, 5.41) is 2.73. The molecule has 0 bridgehead atoms. The lowest BCUT2D eigenvalue weighted by atomic mass is 9.88. The average Bonchev–Trinajstić information content (AvgIpc) is 3.17. The predicted molar refractivity (Wildman–Crippen MR) is 151 cm³/mol. The molecule has 3 aromatic rings. The molecule has 39 heavy (non-hydrogen) atoms. The molecule has 4 rings (SSSR count). The van der Waals surface area contributed by atoms with Crippen LogP contribution in [0.15, 0.2) is 65.7 Å². The van der Waals surface area contributed by atoms with Crippen molar-refractivity contribution in [3.8, 4) is 0 Å². The fraction of sp³-hybridized carbons (Fsp3) is 0.250. The molecule has 0 spiro atoms. The van der Waals surface area contributed by atoms with Crippen molar-refractivity contribution in [2.24, 2.45) is 10.7 Å². The van der Waals surface area contributed by atoms with Crippen molar-refractivity contribution in [3.63, 3.8) is 0 Å². The lowest BCUT2D eigenvalue weighted by Crippen LogP contribution is -2.35. The number of anilines is 2. The molecule has 0 aromatic heterocycles. The molecule has 0 aliphatic carbocycles. The Bertz CT molecular complexity index is 1570. The van der Waals surface area contributed by atoms with E-state index in [0.29, 0.717) is 51.6 Å². The Morgan fingerprint density at radius 2 is 1.74 bits per heavy atom. The number of carbonyl (C=O) groups is 2. The lowest BCUT2D eigenvalue weighted by molar-refractivity contribution is -0.115. The van der Waals surface area contributed by atoms with Crippen LogP contribution in [0.5, 0.6) is 0 Å². The number of aliphatic imine (C=N–C) groups is 1. The molecular formula is C28H30FN5O4S. The normalized spacial score (nSPS) is 15.3. The molecule has 3 aromatic carbocycles. The molecule has 0 fully saturated rings. The standard InChI is InChI=1S/C28H30FN5O4S/c1-17-15-18(27(30)35)5-11-22(17)26(25-23-12-6-19(29)16-24(23)32-28(25)36)31-20-7-9-21(10-8-20)34(39(4,37)38)14-13-33(2)3/h5-12,15-16,25H,13-14H2,1-4H3,(H2,30,35)(H,32,36). The van der Waals surface area contributed by atoms with E-state index in [0.717, 1.165) is 6.26 Å². The van der Waals surface area contributed by atoms with E-state index in [1.165, 1.54) is 16.4 Å². The molecule has 0 saturated carbocycles. The zero-order chi connectivity index (χ0) is 28.5. The third kappa shape index (κ3) is 6.15. The number of nitrogens with two attached hydrogens (primary N) is 1. The third-order valence-electron chi connectivity index (χ3n) is 6.44. The first-order valence-corrected chi connectivity index (χ1v) is 14.0. The molecule has 1 atom stereocenters. The highest BCUT2D eigenvalue weighted by molar-refractivity contribution is 7.92. The van der Waals surface area contributed by atoms with Crippen molar-refractivity contribution in [2.45, 2.75) is 12.8 Å². The van der Waals surface area contributed by atoms with Gasteiger partial charge in [0.15, 0.2) is 0 Å². The number of carbonyl (C=O) groups excluding carboxylic acids is 2. The van der Waals surface area contributed by atoms with Crippen LogP contribution in [0.25, 0.3) is 0 Å². The molecule has 0 radical (unpaired) electrons. The summed E-state index contributed by atoms with van der Waals surface area (Å²) in [6.07, 6.45) is 1.16. The van der Waals surface area contributed by atoms with E-state index >= 15 is 0 Å². The topological polar surface area (TPSA) is 125 Å². The first kappa shape index (κ1) is 27.9. The van der Waals surface area contributed by atoms with Gasteiger partial charge in [-0.15, -0.1) is 0 Å². The highest BCUT2D eigenvalue weighted by Gasteiger charge is 2.36. The smallest absolute Gasteiger partial charge is 0.248 e. The molecule has 1 unspecified atom stereocenters. The molecule has 204 valence electrons. The van der Waals surface area contributed by atoms with E-state index in [1.807, 2.05) is 19.0 Å². The number of nitrogens with one attached hydrogen (secondary N) is 1. The van der Waals surface area contributed by atoms with Gasteiger partial charge in [0, 0.05) is 29.9 Å².